The Labute approximate surface area is 233 Å². The second kappa shape index (κ2) is 11.5. The number of hydrogen-bond donors (Lipinski definition) is 2. The van der Waals surface area contributed by atoms with Crippen LogP contribution in [-0.2, 0) is 12.0 Å². The summed E-state index contributed by atoms with van der Waals surface area (Å²) >= 11 is 0. The molecule has 2 heterocycles. The van der Waals surface area contributed by atoms with Gasteiger partial charge in [-0.25, -0.2) is 9.97 Å². The number of benzene rings is 2. The molecule has 4 aromatic rings. The van der Waals surface area contributed by atoms with Crippen LogP contribution in [-0.4, -0.2) is 53.6 Å². The van der Waals surface area contributed by atoms with Crippen LogP contribution in [0, 0.1) is 5.41 Å². The lowest BCUT2D eigenvalue weighted by Gasteiger charge is -2.22. The normalized spacial score (nSPS) is 13.9. The maximum Gasteiger partial charge on any atom is 0.173 e. The van der Waals surface area contributed by atoms with E-state index in [4.69, 9.17) is 34.1 Å². The van der Waals surface area contributed by atoms with Crippen molar-refractivity contribution in [2.75, 3.05) is 27.9 Å². The van der Waals surface area contributed by atoms with E-state index in [2.05, 4.69) is 9.97 Å². The van der Waals surface area contributed by atoms with E-state index < -0.39 is 5.41 Å². The molecule has 2 aromatic carbocycles. The van der Waals surface area contributed by atoms with E-state index in [0.717, 1.165) is 29.9 Å². The lowest BCUT2D eigenvalue weighted by Crippen LogP contribution is -2.27. The fraction of sp³-hybridized carbons (Fsp3) is 0.433. The Kier molecular flexibility index (Phi) is 7.86. The standard InChI is InChI=1S/C30H37N5O5/c1-30(2,17-39-23-14-21(36-3)13-22(15-23)37-4)29-33-26-27(31)32-18-35(28(26)34-29)16-19-10-11-24(38-5)25(12-19)40-20-8-6-7-9-20/h10-15,18,20,31H,6-9,16-17H2,1-5H3,(H,33,34). The molecule has 10 nitrogen and oxygen atoms in total. The SMILES string of the molecule is COc1cc(OC)cc(OCC(C)(C)c2nc3c([nH]2)c(=N)ncn3Cc2ccc(OC)c(OC3CCCC3)c2)c1. The van der Waals surface area contributed by atoms with Crippen molar-refractivity contribution in [2.45, 2.75) is 57.6 Å². The first-order chi connectivity index (χ1) is 19.3. The van der Waals surface area contributed by atoms with Crippen molar-refractivity contribution in [2.24, 2.45) is 0 Å². The van der Waals surface area contributed by atoms with Crippen LogP contribution >= 0.6 is 0 Å². The van der Waals surface area contributed by atoms with E-state index in [1.165, 1.54) is 12.8 Å². The van der Waals surface area contributed by atoms with E-state index >= 15 is 0 Å². The van der Waals surface area contributed by atoms with Gasteiger partial charge in [0.25, 0.3) is 0 Å². The molecule has 0 bridgehead atoms. The van der Waals surface area contributed by atoms with Crippen molar-refractivity contribution < 1.29 is 23.7 Å². The van der Waals surface area contributed by atoms with Crippen molar-refractivity contribution in [3.8, 4) is 28.7 Å². The number of nitrogens with zero attached hydrogens (tertiary/aromatic N) is 3. The highest BCUT2D eigenvalue weighted by atomic mass is 16.5. The van der Waals surface area contributed by atoms with Gasteiger partial charge < -0.3 is 33.2 Å². The summed E-state index contributed by atoms with van der Waals surface area (Å²) in [5.41, 5.74) is 1.89. The van der Waals surface area contributed by atoms with Gasteiger partial charge in [-0.2, -0.15) is 0 Å². The lowest BCUT2D eigenvalue weighted by atomic mass is 9.94. The largest absolute Gasteiger partial charge is 0.496 e. The van der Waals surface area contributed by atoms with Crippen LogP contribution < -0.4 is 29.2 Å². The molecule has 2 N–H and O–H groups in total. The topological polar surface area (TPSA) is 116 Å². The number of aromatic amines is 1. The summed E-state index contributed by atoms with van der Waals surface area (Å²) in [6.07, 6.45) is 6.41. The highest BCUT2D eigenvalue weighted by Crippen LogP contribution is 2.33. The van der Waals surface area contributed by atoms with Gasteiger partial charge in [-0.3, -0.25) is 5.41 Å². The minimum Gasteiger partial charge on any atom is -0.496 e. The fourth-order valence-corrected chi connectivity index (χ4v) is 4.91. The molecular formula is C30H37N5O5. The van der Waals surface area contributed by atoms with Crippen LogP contribution in [0.4, 0.5) is 0 Å². The molecule has 40 heavy (non-hydrogen) atoms. The van der Waals surface area contributed by atoms with Crippen LogP contribution in [0.25, 0.3) is 11.2 Å². The molecule has 212 valence electrons. The quantitative estimate of drug-likeness (QED) is 0.272. The third-order valence-corrected chi connectivity index (χ3v) is 7.26. The minimum atomic E-state index is -0.498. The zero-order valence-electron chi connectivity index (χ0n) is 23.7. The summed E-state index contributed by atoms with van der Waals surface area (Å²) < 4.78 is 30.6. The second-order valence-corrected chi connectivity index (χ2v) is 10.7. The fourth-order valence-electron chi connectivity index (χ4n) is 4.91. The van der Waals surface area contributed by atoms with Crippen molar-refractivity contribution in [1.29, 1.82) is 5.41 Å². The molecule has 0 atom stereocenters. The van der Waals surface area contributed by atoms with E-state index in [1.54, 1.807) is 33.7 Å². The number of hydrogen-bond acceptors (Lipinski definition) is 8. The summed E-state index contributed by atoms with van der Waals surface area (Å²) in [5.74, 6) is 4.11. The first kappa shape index (κ1) is 27.4. The average molecular weight is 548 g/mol. The molecule has 5 rings (SSSR count). The first-order valence-corrected chi connectivity index (χ1v) is 13.5. The average Bonchev–Trinajstić information content (AvgIpc) is 3.65. The van der Waals surface area contributed by atoms with Crippen molar-refractivity contribution in [1.82, 2.24) is 19.5 Å². The van der Waals surface area contributed by atoms with E-state index in [9.17, 15) is 0 Å². The Bertz CT molecular complexity index is 1520. The Morgan fingerprint density at radius 1 is 0.950 bits per heavy atom. The summed E-state index contributed by atoms with van der Waals surface area (Å²) in [6.45, 7) is 4.93. The molecule has 1 saturated carbocycles. The molecule has 1 aliphatic carbocycles. The van der Waals surface area contributed by atoms with Gasteiger partial charge in [0.15, 0.2) is 22.6 Å². The number of fused-ring (bicyclic) bond motifs is 1. The lowest BCUT2D eigenvalue weighted by molar-refractivity contribution is 0.200. The summed E-state index contributed by atoms with van der Waals surface area (Å²) in [5, 5.41) is 8.41. The third kappa shape index (κ3) is 5.85. The maximum absolute atomic E-state index is 8.41. The van der Waals surface area contributed by atoms with E-state index in [0.29, 0.717) is 47.4 Å². The third-order valence-electron chi connectivity index (χ3n) is 7.26. The van der Waals surface area contributed by atoms with Crippen molar-refractivity contribution in [3.63, 3.8) is 0 Å². The molecule has 0 spiro atoms. The molecular weight excluding hydrogens is 510 g/mol. The van der Waals surface area contributed by atoms with Crippen LogP contribution in [0.15, 0.2) is 42.7 Å². The number of nitrogens with one attached hydrogen (secondary N) is 2. The van der Waals surface area contributed by atoms with Gasteiger partial charge in [0, 0.05) is 18.2 Å². The summed E-state index contributed by atoms with van der Waals surface area (Å²) in [7, 11) is 4.87. The Hall–Kier alpha value is -4.21. The van der Waals surface area contributed by atoms with Gasteiger partial charge in [-0.05, 0) is 57.2 Å². The monoisotopic (exact) mass is 547 g/mol. The molecule has 10 heteroatoms. The van der Waals surface area contributed by atoms with Gasteiger partial charge in [-0.15, -0.1) is 0 Å². The van der Waals surface area contributed by atoms with Gasteiger partial charge in [0.05, 0.1) is 45.7 Å². The highest BCUT2D eigenvalue weighted by Gasteiger charge is 2.27. The number of aromatic nitrogens is 4. The maximum atomic E-state index is 8.41. The molecule has 0 amide bonds. The molecule has 0 radical (unpaired) electrons. The van der Waals surface area contributed by atoms with Crippen LogP contribution in [0.3, 0.4) is 0 Å². The molecule has 1 aliphatic rings. The molecule has 1 fully saturated rings. The van der Waals surface area contributed by atoms with Crippen LogP contribution in [0.5, 0.6) is 28.7 Å². The van der Waals surface area contributed by atoms with Crippen molar-refractivity contribution in [3.05, 3.63) is 59.6 Å². The highest BCUT2D eigenvalue weighted by molar-refractivity contribution is 5.69. The number of methoxy groups -OCH3 is 3. The Morgan fingerprint density at radius 2 is 1.65 bits per heavy atom. The van der Waals surface area contributed by atoms with E-state index in [1.807, 2.05) is 48.7 Å². The Morgan fingerprint density at radius 3 is 2.33 bits per heavy atom. The van der Waals surface area contributed by atoms with Crippen LogP contribution in [0.1, 0.15) is 50.9 Å². The predicted molar refractivity (Wildman–Crippen MR) is 151 cm³/mol. The molecule has 0 unspecified atom stereocenters. The number of rotatable bonds is 11. The summed E-state index contributed by atoms with van der Waals surface area (Å²) in [4.78, 5) is 12.6. The zero-order valence-corrected chi connectivity index (χ0v) is 23.7. The number of ether oxygens (including phenoxy) is 5. The second-order valence-electron chi connectivity index (χ2n) is 10.7. The van der Waals surface area contributed by atoms with Gasteiger partial charge >= 0.3 is 0 Å². The number of imidazole rings is 1. The van der Waals surface area contributed by atoms with Gasteiger partial charge in [0.2, 0.25) is 0 Å². The Balaban J connectivity index is 1.39. The predicted octanol–water partition coefficient (Wildman–Crippen LogP) is 4.99. The molecule has 0 aliphatic heterocycles. The molecule has 2 aromatic heterocycles. The van der Waals surface area contributed by atoms with Gasteiger partial charge in [-0.1, -0.05) is 6.07 Å². The van der Waals surface area contributed by atoms with E-state index in [-0.39, 0.29) is 11.6 Å². The van der Waals surface area contributed by atoms with Crippen molar-refractivity contribution >= 4 is 11.2 Å². The number of H-pyrrole nitrogens is 1. The van der Waals surface area contributed by atoms with Gasteiger partial charge in [0.1, 0.15) is 35.2 Å². The minimum absolute atomic E-state index is 0.138. The zero-order chi connectivity index (χ0) is 28.3. The summed E-state index contributed by atoms with van der Waals surface area (Å²) in [6, 6.07) is 11.4. The smallest absolute Gasteiger partial charge is 0.173 e. The molecule has 0 saturated heterocycles. The van der Waals surface area contributed by atoms with Crippen LogP contribution in [0.2, 0.25) is 0 Å². The first-order valence-electron chi connectivity index (χ1n) is 13.5.